The maximum Gasteiger partial charge on any atom is 0.232 e. The zero-order valence-corrected chi connectivity index (χ0v) is 16.2. The molecule has 0 fully saturated rings. The Bertz CT molecular complexity index is 835. The van der Waals surface area contributed by atoms with Crippen molar-refractivity contribution in [2.45, 2.75) is 28.3 Å². The quantitative estimate of drug-likeness (QED) is 0.583. The highest BCUT2D eigenvalue weighted by Gasteiger charge is 2.09. The van der Waals surface area contributed by atoms with Gasteiger partial charge < -0.3 is 11.1 Å². The Kier molecular flexibility index (Phi) is 6.05. The number of nitrogens with zero attached hydrogens (tertiary/aromatic N) is 5. The molecule has 130 valence electrons. The fourth-order valence-electron chi connectivity index (χ4n) is 1.89. The fraction of sp³-hybridized carbons (Fsp3) is 0.267. The molecule has 0 aliphatic heterocycles. The number of nitrogens with one attached hydrogen (secondary N) is 1. The Balaban J connectivity index is 1.67. The van der Waals surface area contributed by atoms with Crippen molar-refractivity contribution in [2.24, 2.45) is 0 Å². The van der Waals surface area contributed by atoms with Gasteiger partial charge in [0.1, 0.15) is 5.82 Å². The molecule has 1 aromatic carbocycles. The van der Waals surface area contributed by atoms with Crippen molar-refractivity contribution in [3.63, 3.8) is 0 Å². The highest BCUT2D eigenvalue weighted by atomic mass is 32.2. The third-order valence-corrected chi connectivity index (χ3v) is 6.06. The summed E-state index contributed by atoms with van der Waals surface area (Å²) in [5.41, 5.74) is 7.90. The van der Waals surface area contributed by atoms with E-state index in [1.54, 1.807) is 34.9 Å². The summed E-state index contributed by atoms with van der Waals surface area (Å²) in [6, 6.07) is 7.98. The third-order valence-electron chi connectivity index (χ3n) is 2.99. The minimum absolute atomic E-state index is 0.194. The number of hydrogen-bond donors (Lipinski definition) is 2. The Morgan fingerprint density at radius 3 is 2.48 bits per heavy atom. The number of thioether (sulfide) groups is 2. The predicted octanol–water partition coefficient (Wildman–Crippen LogP) is 3.76. The van der Waals surface area contributed by atoms with E-state index in [0.29, 0.717) is 17.5 Å². The molecule has 0 saturated heterocycles. The van der Waals surface area contributed by atoms with Gasteiger partial charge in [0, 0.05) is 5.69 Å². The molecule has 0 spiro atoms. The average molecular weight is 392 g/mol. The fourth-order valence-corrected chi connectivity index (χ4v) is 4.66. The lowest BCUT2D eigenvalue weighted by molar-refractivity contribution is 0.949. The van der Waals surface area contributed by atoms with E-state index < -0.39 is 0 Å². The summed E-state index contributed by atoms with van der Waals surface area (Å²) in [6.07, 6.45) is 0. The van der Waals surface area contributed by atoms with Gasteiger partial charge in [-0.05, 0) is 24.8 Å². The van der Waals surface area contributed by atoms with Crippen LogP contribution >= 0.6 is 34.9 Å². The molecular formula is C15H17N7S3. The number of anilines is 3. The molecule has 0 bridgehead atoms. The minimum Gasteiger partial charge on any atom is -0.368 e. The second kappa shape index (κ2) is 8.45. The van der Waals surface area contributed by atoms with E-state index in [2.05, 4.69) is 37.4 Å². The summed E-state index contributed by atoms with van der Waals surface area (Å²) in [5.74, 6) is 2.77. The lowest BCUT2D eigenvalue weighted by Crippen LogP contribution is -2.06. The molecule has 0 radical (unpaired) electrons. The van der Waals surface area contributed by atoms with Crippen LogP contribution in [-0.4, -0.2) is 30.9 Å². The van der Waals surface area contributed by atoms with Gasteiger partial charge in [-0.1, -0.05) is 59.5 Å². The van der Waals surface area contributed by atoms with Gasteiger partial charge in [0.05, 0.1) is 5.75 Å². The zero-order chi connectivity index (χ0) is 17.6. The lowest BCUT2D eigenvalue weighted by Gasteiger charge is -2.07. The van der Waals surface area contributed by atoms with E-state index in [1.165, 1.54) is 5.56 Å². The summed E-state index contributed by atoms with van der Waals surface area (Å²) >= 11 is 4.80. The van der Waals surface area contributed by atoms with E-state index >= 15 is 0 Å². The van der Waals surface area contributed by atoms with Crippen molar-refractivity contribution in [2.75, 3.05) is 16.8 Å². The first-order valence-corrected chi connectivity index (χ1v) is 10.3. The van der Waals surface area contributed by atoms with Crippen LogP contribution in [0.1, 0.15) is 18.3 Å². The van der Waals surface area contributed by atoms with E-state index in [-0.39, 0.29) is 5.95 Å². The number of nitrogens with two attached hydrogens (primary N) is 1. The van der Waals surface area contributed by atoms with E-state index in [0.717, 1.165) is 20.1 Å². The van der Waals surface area contributed by atoms with E-state index in [4.69, 9.17) is 5.73 Å². The third kappa shape index (κ3) is 5.28. The van der Waals surface area contributed by atoms with Gasteiger partial charge in [0.15, 0.2) is 8.68 Å². The molecule has 7 nitrogen and oxygen atoms in total. The average Bonchev–Trinajstić information content (AvgIpc) is 3.03. The van der Waals surface area contributed by atoms with Crippen molar-refractivity contribution in [3.8, 4) is 0 Å². The van der Waals surface area contributed by atoms with Gasteiger partial charge in [0.25, 0.3) is 0 Å². The topological polar surface area (TPSA) is 102 Å². The molecule has 2 aromatic heterocycles. The predicted molar refractivity (Wildman–Crippen MR) is 105 cm³/mol. The number of aromatic nitrogens is 5. The van der Waals surface area contributed by atoms with Crippen molar-refractivity contribution in [1.82, 2.24) is 25.1 Å². The van der Waals surface area contributed by atoms with Crippen LogP contribution in [0.25, 0.3) is 0 Å². The van der Waals surface area contributed by atoms with Crippen molar-refractivity contribution >= 4 is 52.4 Å². The van der Waals surface area contributed by atoms with Crippen LogP contribution < -0.4 is 11.1 Å². The molecular weight excluding hydrogens is 374 g/mol. The molecule has 3 rings (SSSR count). The molecule has 0 aliphatic rings. The summed E-state index contributed by atoms with van der Waals surface area (Å²) < 4.78 is 1.87. The van der Waals surface area contributed by atoms with Crippen LogP contribution in [0.4, 0.5) is 17.6 Å². The molecule has 0 amide bonds. The molecule has 3 N–H and O–H groups in total. The second-order valence-corrected chi connectivity index (χ2v) is 8.69. The highest BCUT2D eigenvalue weighted by Crippen LogP contribution is 2.30. The largest absolute Gasteiger partial charge is 0.368 e. The molecule has 0 saturated carbocycles. The first kappa shape index (κ1) is 17.9. The van der Waals surface area contributed by atoms with Crippen molar-refractivity contribution < 1.29 is 0 Å². The van der Waals surface area contributed by atoms with E-state index in [9.17, 15) is 0 Å². The first-order valence-electron chi connectivity index (χ1n) is 7.55. The Morgan fingerprint density at radius 1 is 1.04 bits per heavy atom. The lowest BCUT2D eigenvalue weighted by atomic mass is 10.2. The van der Waals surface area contributed by atoms with Crippen molar-refractivity contribution in [1.29, 1.82) is 0 Å². The standard InChI is InChI=1S/C15H17N7S3/c1-3-23-14-21-22-15(25-14)24-8-11-18-12(16)20-13(19-11)17-10-6-4-9(2)5-7-10/h4-7H,3,8H2,1-2H3,(H3,16,17,18,19,20). The Morgan fingerprint density at radius 2 is 1.76 bits per heavy atom. The first-order chi connectivity index (χ1) is 12.1. The van der Waals surface area contributed by atoms with Crippen LogP contribution in [0.2, 0.25) is 0 Å². The smallest absolute Gasteiger partial charge is 0.232 e. The van der Waals surface area contributed by atoms with Crippen molar-refractivity contribution in [3.05, 3.63) is 35.7 Å². The zero-order valence-electron chi connectivity index (χ0n) is 13.8. The molecule has 0 atom stereocenters. The number of benzene rings is 1. The van der Waals surface area contributed by atoms with Gasteiger partial charge in [-0.25, -0.2) is 0 Å². The van der Waals surface area contributed by atoms with Gasteiger partial charge in [-0.15, -0.1) is 10.2 Å². The molecule has 0 unspecified atom stereocenters. The van der Waals surface area contributed by atoms with Crippen LogP contribution in [0.15, 0.2) is 32.9 Å². The van der Waals surface area contributed by atoms with E-state index in [1.807, 2.05) is 31.2 Å². The van der Waals surface area contributed by atoms with Gasteiger partial charge in [-0.3, -0.25) is 0 Å². The summed E-state index contributed by atoms with van der Waals surface area (Å²) in [4.78, 5) is 12.8. The molecule has 10 heteroatoms. The highest BCUT2D eigenvalue weighted by molar-refractivity contribution is 8.02. The maximum atomic E-state index is 5.81. The minimum atomic E-state index is 0.194. The molecule has 3 aromatic rings. The molecule has 2 heterocycles. The second-order valence-electron chi connectivity index (χ2n) is 4.98. The summed E-state index contributed by atoms with van der Waals surface area (Å²) in [5, 5.41) is 11.5. The summed E-state index contributed by atoms with van der Waals surface area (Å²) in [6.45, 7) is 4.13. The Hall–Kier alpha value is -1.91. The number of hydrogen-bond acceptors (Lipinski definition) is 10. The van der Waals surface area contributed by atoms with Gasteiger partial charge in [0.2, 0.25) is 11.9 Å². The normalized spacial score (nSPS) is 10.8. The maximum absolute atomic E-state index is 5.81. The van der Waals surface area contributed by atoms with Gasteiger partial charge >= 0.3 is 0 Å². The monoisotopic (exact) mass is 391 g/mol. The Labute approximate surface area is 158 Å². The molecule has 0 aliphatic carbocycles. The van der Waals surface area contributed by atoms with Crippen LogP contribution in [-0.2, 0) is 5.75 Å². The molecule has 25 heavy (non-hydrogen) atoms. The van der Waals surface area contributed by atoms with Crippen LogP contribution in [0, 0.1) is 6.92 Å². The number of aryl methyl sites for hydroxylation is 1. The number of nitrogen functional groups attached to an aromatic ring is 1. The van der Waals surface area contributed by atoms with Crippen LogP contribution in [0.5, 0.6) is 0 Å². The van der Waals surface area contributed by atoms with Gasteiger partial charge in [-0.2, -0.15) is 15.0 Å². The number of rotatable bonds is 7. The van der Waals surface area contributed by atoms with Crippen LogP contribution in [0.3, 0.4) is 0 Å². The SMILES string of the molecule is CCSc1nnc(SCc2nc(N)nc(Nc3ccc(C)cc3)n2)s1. The summed E-state index contributed by atoms with van der Waals surface area (Å²) in [7, 11) is 0.